The molecule has 0 saturated carbocycles. The van der Waals surface area contributed by atoms with Gasteiger partial charge < -0.3 is 9.47 Å². The van der Waals surface area contributed by atoms with E-state index < -0.39 is 0 Å². The van der Waals surface area contributed by atoms with Crippen molar-refractivity contribution in [3.63, 3.8) is 0 Å². The van der Waals surface area contributed by atoms with Crippen molar-refractivity contribution in [2.75, 3.05) is 20.3 Å². The lowest BCUT2D eigenvalue weighted by atomic mass is 10.2. The zero-order valence-electron chi connectivity index (χ0n) is 15.9. The van der Waals surface area contributed by atoms with Crippen molar-refractivity contribution in [3.8, 4) is 5.75 Å². The van der Waals surface area contributed by atoms with E-state index in [0.717, 1.165) is 36.1 Å². The average molecular weight is 383 g/mol. The Morgan fingerprint density at radius 3 is 2.52 bits per heavy atom. The molecular formula is C22H26N2O2S. The van der Waals surface area contributed by atoms with E-state index in [0.29, 0.717) is 13.2 Å². The maximum atomic E-state index is 5.84. The average Bonchev–Trinajstić information content (AvgIpc) is 3.14. The third-order valence-corrected chi connectivity index (χ3v) is 5.10. The molecule has 5 heteroatoms. The number of hydrogen-bond donors (Lipinski definition) is 0. The summed E-state index contributed by atoms with van der Waals surface area (Å²) in [5, 5.41) is 3.12. The lowest BCUT2D eigenvalue weighted by Gasteiger charge is -2.21. The van der Waals surface area contributed by atoms with Gasteiger partial charge in [0, 0.05) is 32.1 Å². The second-order valence-electron chi connectivity index (χ2n) is 6.52. The van der Waals surface area contributed by atoms with Gasteiger partial charge in [0.15, 0.2) is 0 Å². The van der Waals surface area contributed by atoms with Crippen LogP contribution in [-0.2, 0) is 24.4 Å². The Labute approximate surface area is 165 Å². The van der Waals surface area contributed by atoms with Gasteiger partial charge in [-0.2, -0.15) is 0 Å². The van der Waals surface area contributed by atoms with Crippen molar-refractivity contribution < 1.29 is 9.47 Å². The first-order valence-corrected chi connectivity index (χ1v) is 9.99. The molecule has 3 aromatic rings. The summed E-state index contributed by atoms with van der Waals surface area (Å²) >= 11 is 1.65. The van der Waals surface area contributed by atoms with Gasteiger partial charge in [-0.05, 0) is 24.6 Å². The molecule has 1 aromatic heterocycles. The molecular weight excluding hydrogens is 356 g/mol. The smallest absolute Gasteiger partial charge is 0.140 e. The Kier molecular flexibility index (Phi) is 7.39. The van der Waals surface area contributed by atoms with Gasteiger partial charge in [-0.25, -0.2) is 4.98 Å². The molecule has 0 bridgehead atoms. The molecule has 0 aliphatic carbocycles. The fraction of sp³-hybridized carbons (Fsp3) is 0.318. The van der Waals surface area contributed by atoms with Crippen LogP contribution in [0, 0.1) is 6.92 Å². The SMILES string of the molecule is COCCN(Cc1ccccc1)Cc1csc(COc2ccc(C)cc2)n1. The van der Waals surface area contributed by atoms with E-state index in [9.17, 15) is 0 Å². The van der Waals surface area contributed by atoms with Gasteiger partial charge in [0.25, 0.3) is 0 Å². The molecule has 0 atom stereocenters. The van der Waals surface area contributed by atoms with Crippen molar-refractivity contribution in [2.45, 2.75) is 26.6 Å². The highest BCUT2D eigenvalue weighted by Gasteiger charge is 2.10. The quantitative estimate of drug-likeness (QED) is 0.510. The number of ether oxygens (including phenoxy) is 2. The molecule has 0 aliphatic heterocycles. The van der Waals surface area contributed by atoms with Crippen molar-refractivity contribution >= 4 is 11.3 Å². The monoisotopic (exact) mass is 382 g/mol. The lowest BCUT2D eigenvalue weighted by Crippen LogP contribution is -2.26. The van der Waals surface area contributed by atoms with Crippen LogP contribution in [-0.4, -0.2) is 30.1 Å². The predicted molar refractivity (Wildman–Crippen MR) is 110 cm³/mol. The zero-order valence-corrected chi connectivity index (χ0v) is 16.7. The van der Waals surface area contributed by atoms with Gasteiger partial charge in [-0.15, -0.1) is 11.3 Å². The molecule has 2 aromatic carbocycles. The lowest BCUT2D eigenvalue weighted by molar-refractivity contribution is 0.139. The summed E-state index contributed by atoms with van der Waals surface area (Å²) < 4.78 is 11.1. The fourth-order valence-corrected chi connectivity index (χ4v) is 3.47. The van der Waals surface area contributed by atoms with Crippen molar-refractivity contribution in [1.82, 2.24) is 9.88 Å². The maximum absolute atomic E-state index is 5.84. The molecule has 1 heterocycles. The van der Waals surface area contributed by atoms with Gasteiger partial charge in [-0.1, -0.05) is 48.0 Å². The number of nitrogens with zero attached hydrogens (tertiary/aromatic N) is 2. The molecule has 4 nitrogen and oxygen atoms in total. The Morgan fingerprint density at radius 2 is 1.78 bits per heavy atom. The minimum absolute atomic E-state index is 0.504. The standard InChI is InChI=1S/C22H26N2O2S/c1-18-8-10-21(11-9-18)26-16-22-23-20(17-27-22)15-24(12-13-25-2)14-19-6-4-3-5-7-19/h3-11,17H,12-16H2,1-2H3. The predicted octanol–water partition coefficient (Wildman–Crippen LogP) is 4.68. The largest absolute Gasteiger partial charge is 0.486 e. The van der Waals surface area contributed by atoms with E-state index in [1.54, 1.807) is 18.4 Å². The van der Waals surface area contributed by atoms with E-state index in [2.05, 4.69) is 53.6 Å². The van der Waals surface area contributed by atoms with Crippen LogP contribution in [0.15, 0.2) is 60.0 Å². The molecule has 0 amide bonds. The Hall–Kier alpha value is -2.21. The van der Waals surface area contributed by atoms with Crippen LogP contribution in [0.5, 0.6) is 5.75 Å². The second-order valence-corrected chi connectivity index (χ2v) is 7.47. The van der Waals surface area contributed by atoms with E-state index >= 15 is 0 Å². The molecule has 0 fully saturated rings. The molecule has 0 saturated heterocycles. The third-order valence-electron chi connectivity index (χ3n) is 4.23. The summed E-state index contributed by atoms with van der Waals surface area (Å²) in [6.07, 6.45) is 0. The zero-order chi connectivity index (χ0) is 18.9. The Bertz CT molecular complexity index is 803. The van der Waals surface area contributed by atoms with Crippen molar-refractivity contribution in [1.29, 1.82) is 0 Å². The summed E-state index contributed by atoms with van der Waals surface area (Å²) in [4.78, 5) is 7.10. The number of aromatic nitrogens is 1. The van der Waals surface area contributed by atoms with Crippen LogP contribution in [0.1, 0.15) is 21.8 Å². The molecule has 0 spiro atoms. The summed E-state index contributed by atoms with van der Waals surface area (Å²) in [5.74, 6) is 0.878. The topological polar surface area (TPSA) is 34.6 Å². The highest BCUT2D eigenvalue weighted by atomic mass is 32.1. The van der Waals surface area contributed by atoms with Crippen LogP contribution in [0.3, 0.4) is 0 Å². The van der Waals surface area contributed by atoms with Gasteiger partial charge in [0.1, 0.15) is 17.4 Å². The van der Waals surface area contributed by atoms with Gasteiger partial charge >= 0.3 is 0 Å². The normalized spacial score (nSPS) is 11.1. The first-order valence-electron chi connectivity index (χ1n) is 9.11. The first-order chi connectivity index (χ1) is 13.2. The van der Waals surface area contributed by atoms with E-state index in [1.165, 1.54) is 11.1 Å². The van der Waals surface area contributed by atoms with E-state index in [-0.39, 0.29) is 0 Å². The molecule has 3 rings (SSSR count). The van der Waals surface area contributed by atoms with Gasteiger partial charge in [0.2, 0.25) is 0 Å². The van der Waals surface area contributed by atoms with Crippen molar-refractivity contribution in [3.05, 3.63) is 81.8 Å². The Balaban J connectivity index is 1.56. The van der Waals surface area contributed by atoms with Crippen LogP contribution in [0.2, 0.25) is 0 Å². The molecule has 0 N–H and O–H groups in total. The second kappa shape index (κ2) is 10.2. The number of benzene rings is 2. The van der Waals surface area contributed by atoms with Crippen LogP contribution < -0.4 is 4.74 Å². The summed E-state index contributed by atoms with van der Waals surface area (Å²) in [6.45, 7) is 5.85. The highest BCUT2D eigenvalue weighted by Crippen LogP contribution is 2.17. The summed E-state index contributed by atoms with van der Waals surface area (Å²) in [5.41, 5.74) is 3.61. The van der Waals surface area contributed by atoms with Crippen molar-refractivity contribution in [2.24, 2.45) is 0 Å². The molecule has 0 aliphatic rings. The van der Waals surface area contributed by atoms with Crippen LogP contribution in [0.4, 0.5) is 0 Å². The molecule has 142 valence electrons. The minimum Gasteiger partial charge on any atom is -0.486 e. The first kappa shape index (κ1) is 19.5. The van der Waals surface area contributed by atoms with Gasteiger partial charge in [0.05, 0.1) is 12.3 Å². The minimum atomic E-state index is 0.504. The molecule has 0 unspecified atom stereocenters. The van der Waals surface area contributed by atoms with Crippen LogP contribution in [0.25, 0.3) is 0 Å². The highest BCUT2D eigenvalue weighted by molar-refractivity contribution is 7.09. The van der Waals surface area contributed by atoms with Gasteiger partial charge in [-0.3, -0.25) is 4.90 Å². The van der Waals surface area contributed by atoms with E-state index in [4.69, 9.17) is 14.5 Å². The number of methoxy groups -OCH3 is 1. The molecule has 0 radical (unpaired) electrons. The fourth-order valence-electron chi connectivity index (χ4n) is 2.77. The van der Waals surface area contributed by atoms with Crippen LogP contribution >= 0.6 is 11.3 Å². The number of hydrogen-bond acceptors (Lipinski definition) is 5. The van der Waals surface area contributed by atoms with E-state index in [1.807, 2.05) is 18.2 Å². The summed E-state index contributed by atoms with van der Waals surface area (Å²) in [6, 6.07) is 18.6. The third kappa shape index (κ3) is 6.47. The number of rotatable bonds is 10. The number of aryl methyl sites for hydroxylation is 1. The number of thiazole rings is 1. The molecule has 27 heavy (non-hydrogen) atoms. The Morgan fingerprint density at radius 1 is 1.00 bits per heavy atom. The summed E-state index contributed by atoms with van der Waals surface area (Å²) in [7, 11) is 1.74. The maximum Gasteiger partial charge on any atom is 0.140 e.